The molecule has 1 aliphatic heterocycles. The van der Waals surface area contributed by atoms with E-state index in [1.165, 1.54) is 12.8 Å². The van der Waals surface area contributed by atoms with Crippen LogP contribution in [0.15, 0.2) is 30.3 Å². The highest BCUT2D eigenvalue weighted by Crippen LogP contribution is 2.36. The Labute approximate surface area is 173 Å². The van der Waals surface area contributed by atoms with Crippen molar-refractivity contribution in [2.24, 2.45) is 0 Å². The van der Waals surface area contributed by atoms with Crippen LogP contribution < -0.4 is 14.8 Å². The number of likely N-dealkylation sites (tertiary alicyclic amines) is 1. The molecule has 0 saturated carbocycles. The van der Waals surface area contributed by atoms with Crippen LogP contribution in [0, 0.1) is 0 Å². The SMILES string of the molecule is CCCCN1CCC(NC(=O)c2cc(OC)c3ccccc3c2OC)CC1.Cl. The number of hydrogen-bond acceptors (Lipinski definition) is 4. The summed E-state index contributed by atoms with van der Waals surface area (Å²) in [7, 11) is 3.24. The fourth-order valence-corrected chi connectivity index (χ4v) is 3.82. The second-order valence-corrected chi connectivity index (χ2v) is 7.15. The number of halogens is 1. The van der Waals surface area contributed by atoms with Gasteiger partial charge in [-0.1, -0.05) is 37.6 Å². The number of nitrogens with one attached hydrogen (secondary N) is 1. The molecule has 2 aromatic carbocycles. The molecule has 1 amide bonds. The summed E-state index contributed by atoms with van der Waals surface area (Å²) in [5, 5.41) is 5.03. The van der Waals surface area contributed by atoms with Crippen LogP contribution in [0.4, 0.5) is 0 Å². The van der Waals surface area contributed by atoms with Gasteiger partial charge in [-0.15, -0.1) is 12.4 Å². The third-order valence-corrected chi connectivity index (χ3v) is 5.38. The molecule has 1 N–H and O–H groups in total. The lowest BCUT2D eigenvalue weighted by molar-refractivity contribution is 0.0907. The fourth-order valence-electron chi connectivity index (χ4n) is 3.82. The molecule has 0 unspecified atom stereocenters. The summed E-state index contributed by atoms with van der Waals surface area (Å²) in [6.07, 6.45) is 4.44. The first-order valence-corrected chi connectivity index (χ1v) is 9.84. The largest absolute Gasteiger partial charge is 0.496 e. The predicted molar refractivity (Wildman–Crippen MR) is 116 cm³/mol. The van der Waals surface area contributed by atoms with Crippen LogP contribution in [0.25, 0.3) is 10.8 Å². The first-order valence-electron chi connectivity index (χ1n) is 9.84. The van der Waals surface area contributed by atoms with E-state index in [2.05, 4.69) is 17.1 Å². The number of nitrogens with zero attached hydrogens (tertiary/aromatic N) is 1. The summed E-state index contributed by atoms with van der Waals surface area (Å²) in [6, 6.07) is 9.82. The van der Waals surface area contributed by atoms with E-state index in [1.54, 1.807) is 20.3 Å². The van der Waals surface area contributed by atoms with E-state index in [4.69, 9.17) is 9.47 Å². The van der Waals surface area contributed by atoms with Crippen LogP contribution >= 0.6 is 12.4 Å². The highest BCUT2D eigenvalue weighted by molar-refractivity contribution is 6.06. The molecule has 1 saturated heterocycles. The number of carbonyl (C=O) groups is 1. The normalized spacial score (nSPS) is 15.1. The minimum atomic E-state index is -0.0945. The van der Waals surface area contributed by atoms with E-state index in [0.717, 1.165) is 43.2 Å². The third kappa shape index (κ3) is 4.89. The van der Waals surface area contributed by atoms with Gasteiger partial charge in [0, 0.05) is 29.9 Å². The average molecular weight is 407 g/mol. The highest BCUT2D eigenvalue weighted by atomic mass is 35.5. The molecule has 3 rings (SSSR count). The van der Waals surface area contributed by atoms with Gasteiger partial charge in [0.25, 0.3) is 5.91 Å². The lowest BCUT2D eigenvalue weighted by Gasteiger charge is -2.32. The zero-order valence-electron chi connectivity index (χ0n) is 17.0. The Balaban J connectivity index is 0.00000280. The molecule has 1 fully saturated rings. The molecule has 0 aromatic heterocycles. The molecule has 2 aromatic rings. The van der Waals surface area contributed by atoms with Gasteiger partial charge in [-0.05, 0) is 31.9 Å². The Kier molecular flexibility index (Phi) is 8.39. The van der Waals surface area contributed by atoms with Gasteiger partial charge in [0.05, 0.1) is 19.8 Å². The minimum absolute atomic E-state index is 0. The zero-order valence-corrected chi connectivity index (χ0v) is 17.8. The number of unbranched alkanes of at least 4 members (excludes halogenated alkanes) is 1. The molecule has 0 spiro atoms. The molecule has 0 aliphatic carbocycles. The molecular weight excluding hydrogens is 376 g/mol. The molecule has 6 heteroatoms. The van der Waals surface area contributed by atoms with Crippen LogP contribution in [0.1, 0.15) is 43.0 Å². The quantitative estimate of drug-likeness (QED) is 0.745. The number of benzene rings is 2. The lowest BCUT2D eigenvalue weighted by atomic mass is 10.0. The molecule has 1 aliphatic rings. The number of ether oxygens (including phenoxy) is 2. The predicted octanol–water partition coefficient (Wildman–Crippen LogP) is 4.27. The van der Waals surface area contributed by atoms with Gasteiger partial charge in [0.15, 0.2) is 0 Å². The van der Waals surface area contributed by atoms with Crippen LogP contribution in [0.3, 0.4) is 0 Å². The van der Waals surface area contributed by atoms with E-state index in [9.17, 15) is 4.79 Å². The number of amides is 1. The standard InChI is InChI=1S/C22H30N2O3.ClH/c1-4-5-12-24-13-10-16(11-14-24)23-22(25)19-15-20(26-2)17-8-6-7-9-18(17)21(19)27-3;/h6-9,15-16H,4-5,10-14H2,1-3H3,(H,23,25);1H. The second kappa shape index (κ2) is 10.5. The minimum Gasteiger partial charge on any atom is -0.496 e. The van der Waals surface area contributed by atoms with Gasteiger partial charge in [0.1, 0.15) is 11.5 Å². The first kappa shape index (κ1) is 22.3. The van der Waals surface area contributed by atoms with Crippen molar-refractivity contribution in [3.8, 4) is 11.5 Å². The Morgan fingerprint density at radius 3 is 2.43 bits per heavy atom. The van der Waals surface area contributed by atoms with Gasteiger partial charge >= 0.3 is 0 Å². The monoisotopic (exact) mass is 406 g/mol. The summed E-state index contributed by atoms with van der Waals surface area (Å²) in [5.41, 5.74) is 0.529. The van der Waals surface area contributed by atoms with Crippen LogP contribution in [0.2, 0.25) is 0 Å². The summed E-state index contributed by atoms with van der Waals surface area (Å²) in [6.45, 7) is 5.47. The summed E-state index contributed by atoms with van der Waals surface area (Å²) in [5.74, 6) is 1.19. The molecule has 28 heavy (non-hydrogen) atoms. The van der Waals surface area contributed by atoms with Gasteiger partial charge in [-0.3, -0.25) is 4.79 Å². The maximum Gasteiger partial charge on any atom is 0.255 e. The Hall–Kier alpha value is -1.98. The molecule has 0 bridgehead atoms. The van der Waals surface area contributed by atoms with Gasteiger partial charge in [-0.25, -0.2) is 0 Å². The average Bonchev–Trinajstić information content (AvgIpc) is 2.71. The molecule has 154 valence electrons. The van der Waals surface area contributed by atoms with Crippen molar-refractivity contribution in [1.29, 1.82) is 0 Å². The molecule has 5 nitrogen and oxygen atoms in total. The van der Waals surface area contributed by atoms with Crippen molar-refractivity contribution in [1.82, 2.24) is 10.2 Å². The van der Waals surface area contributed by atoms with Crippen LogP contribution in [-0.4, -0.2) is 50.7 Å². The van der Waals surface area contributed by atoms with Crippen molar-refractivity contribution in [2.75, 3.05) is 33.9 Å². The van der Waals surface area contributed by atoms with E-state index >= 15 is 0 Å². The molecular formula is C22H31ClN2O3. The number of hydrogen-bond donors (Lipinski definition) is 1. The summed E-state index contributed by atoms with van der Waals surface area (Å²) < 4.78 is 11.1. The van der Waals surface area contributed by atoms with E-state index in [1.807, 2.05) is 24.3 Å². The number of rotatable bonds is 7. The zero-order chi connectivity index (χ0) is 19.2. The van der Waals surface area contributed by atoms with Crippen molar-refractivity contribution in [3.05, 3.63) is 35.9 Å². The van der Waals surface area contributed by atoms with Crippen LogP contribution in [0.5, 0.6) is 11.5 Å². The topological polar surface area (TPSA) is 50.8 Å². The van der Waals surface area contributed by atoms with E-state index < -0.39 is 0 Å². The van der Waals surface area contributed by atoms with Crippen molar-refractivity contribution >= 4 is 29.1 Å². The van der Waals surface area contributed by atoms with Gasteiger partial charge < -0.3 is 19.7 Å². The summed E-state index contributed by atoms with van der Waals surface area (Å²) >= 11 is 0. The maximum absolute atomic E-state index is 13.0. The second-order valence-electron chi connectivity index (χ2n) is 7.15. The number of methoxy groups -OCH3 is 2. The molecule has 1 heterocycles. The van der Waals surface area contributed by atoms with Crippen LogP contribution in [-0.2, 0) is 0 Å². The maximum atomic E-state index is 13.0. The summed E-state index contributed by atoms with van der Waals surface area (Å²) in [4.78, 5) is 15.5. The lowest BCUT2D eigenvalue weighted by Crippen LogP contribution is -2.44. The number of fused-ring (bicyclic) bond motifs is 1. The molecule has 0 radical (unpaired) electrons. The van der Waals surface area contributed by atoms with E-state index in [0.29, 0.717) is 17.1 Å². The Bertz CT molecular complexity index is 789. The Morgan fingerprint density at radius 2 is 1.82 bits per heavy atom. The number of piperidine rings is 1. The van der Waals surface area contributed by atoms with Crippen molar-refractivity contribution < 1.29 is 14.3 Å². The van der Waals surface area contributed by atoms with Crippen molar-refractivity contribution in [3.63, 3.8) is 0 Å². The van der Waals surface area contributed by atoms with E-state index in [-0.39, 0.29) is 24.4 Å². The van der Waals surface area contributed by atoms with Gasteiger partial charge in [-0.2, -0.15) is 0 Å². The van der Waals surface area contributed by atoms with Crippen molar-refractivity contribution in [2.45, 2.75) is 38.6 Å². The Morgan fingerprint density at radius 1 is 1.14 bits per heavy atom. The highest BCUT2D eigenvalue weighted by Gasteiger charge is 2.24. The number of carbonyl (C=O) groups excluding carboxylic acids is 1. The fraction of sp³-hybridized carbons (Fsp3) is 0.500. The smallest absolute Gasteiger partial charge is 0.255 e. The molecule has 0 atom stereocenters. The first-order chi connectivity index (χ1) is 13.2. The van der Waals surface area contributed by atoms with Gasteiger partial charge in [0.2, 0.25) is 0 Å². The third-order valence-electron chi connectivity index (χ3n) is 5.38.